The summed E-state index contributed by atoms with van der Waals surface area (Å²) in [5, 5.41) is 3.31. The summed E-state index contributed by atoms with van der Waals surface area (Å²) in [6.07, 6.45) is 3.42. The van der Waals surface area contributed by atoms with Crippen molar-refractivity contribution in [1.82, 2.24) is 5.32 Å². The van der Waals surface area contributed by atoms with E-state index in [1.54, 1.807) is 11.0 Å². The standard InChI is InChI=1S/C21H17ClN2O3S2/c22-15-6-3-13(4-7-15)2-1-9-24-16-10-14(5-8-17(16)27-12-19(24)25)11-18-20(26)23-21(28)29-18/h3-8,10-11H,1-2,9,12H2,(H,23,26,28)/b18-11-. The fourth-order valence-corrected chi connectivity index (χ4v) is 4.39. The normalized spacial score (nSPS) is 17.3. The highest BCUT2D eigenvalue weighted by Gasteiger charge is 2.26. The Kier molecular flexibility index (Phi) is 5.89. The van der Waals surface area contributed by atoms with E-state index in [0.717, 1.165) is 24.1 Å². The molecule has 1 saturated heterocycles. The van der Waals surface area contributed by atoms with Crippen LogP contribution in [0.25, 0.3) is 6.08 Å². The van der Waals surface area contributed by atoms with Gasteiger partial charge in [-0.3, -0.25) is 9.59 Å². The predicted molar refractivity (Wildman–Crippen MR) is 120 cm³/mol. The van der Waals surface area contributed by atoms with Crippen molar-refractivity contribution in [3.63, 3.8) is 0 Å². The second kappa shape index (κ2) is 8.57. The van der Waals surface area contributed by atoms with E-state index in [4.69, 9.17) is 28.6 Å². The Hall–Kier alpha value is -2.35. The minimum atomic E-state index is -0.204. The maximum Gasteiger partial charge on any atom is 0.265 e. The molecule has 0 radical (unpaired) electrons. The summed E-state index contributed by atoms with van der Waals surface area (Å²) in [6.45, 7) is 0.609. The van der Waals surface area contributed by atoms with E-state index in [2.05, 4.69) is 5.32 Å². The van der Waals surface area contributed by atoms with Gasteiger partial charge in [-0.15, -0.1) is 0 Å². The molecule has 8 heteroatoms. The molecule has 29 heavy (non-hydrogen) atoms. The van der Waals surface area contributed by atoms with Gasteiger partial charge in [0.1, 0.15) is 10.1 Å². The fraction of sp³-hybridized carbons (Fsp3) is 0.190. The Morgan fingerprint density at radius 3 is 2.72 bits per heavy atom. The lowest BCUT2D eigenvalue weighted by molar-refractivity contribution is -0.121. The largest absolute Gasteiger partial charge is 0.482 e. The van der Waals surface area contributed by atoms with Crippen molar-refractivity contribution in [2.45, 2.75) is 12.8 Å². The average Bonchev–Trinajstić information content (AvgIpc) is 3.02. The third-order valence-electron chi connectivity index (χ3n) is 4.63. The van der Waals surface area contributed by atoms with Crippen LogP contribution >= 0.6 is 35.6 Å². The number of aryl methyl sites for hydroxylation is 1. The molecular formula is C21H17ClN2O3S2. The Morgan fingerprint density at radius 2 is 2.00 bits per heavy atom. The van der Waals surface area contributed by atoms with Crippen molar-refractivity contribution < 1.29 is 14.3 Å². The first-order chi connectivity index (χ1) is 14.0. The zero-order valence-electron chi connectivity index (χ0n) is 15.3. The molecular weight excluding hydrogens is 428 g/mol. The fourth-order valence-electron chi connectivity index (χ4n) is 3.22. The zero-order valence-corrected chi connectivity index (χ0v) is 17.7. The van der Waals surface area contributed by atoms with Gasteiger partial charge >= 0.3 is 0 Å². The summed E-state index contributed by atoms with van der Waals surface area (Å²) in [5.74, 6) is 0.384. The molecule has 0 aliphatic carbocycles. The lowest BCUT2D eigenvalue weighted by Gasteiger charge is -2.29. The number of fused-ring (bicyclic) bond motifs is 1. The van der Waals surface area contributed by atoms with Crippen LogP contribution in [-0.2, 0) is 16.0 Å². The van der Waals surface area contributed by atoms with Gasteiger partial charge in [-0.1, -0.05) is 53.8 Å². The SMILES string of the molecule is O=C1NC(=S)S/C1=C\c1ccc2c(c1)N(CCCc1ccc(Cl)cc1)C(=O)CO2. The number of ether oxygens (including phenoxy) is 1. The molecule has 4 rings (SSSR count). The number of rotatable bonds is 5. The highest BCUT2D eigenvalue weighted by Crippen LogP contribution is 2.35. The first kappa shape index (κ1) is 19.9. The maximum atomic E-state index is 12.5. The van der Waals surface area contributed by atoms with Crippen LogP contribution in [0.2, 0.25) is 5.02 Å². The summed E-state index contributed by atoms with van der Waals surface area (Å²) in [4.78, 5) is 26.7. The van der Waals surface area contributed by atoms with Crippen molar-refractivity contribution in [1.29, 1.82) is 0 Å². The third kappa shape index (κ3) is 4.63. The topological polar surface area (TPSA) is 58.6 Å². The average molecular weight is 445 g/mol. The number of carbonyl (C=O) groups excluding carboxylic acids is 2. The second-order valence-corrected chi connectivity index (χ2v) is 8.80. The van der Waals surface area contributed by atoms with E-state index in [1.165, 1.54) is 17.3 Å². The van der Waals surface area contributed by atoms with Gasteiger partial charge in [-0.05, 0) is 54.3 Å². The Labute approximate surface area is 183 Å². The summed E-state index contributed by atoms with van der Waals surface area (Å²) >= 11 is 12.2. The van der Waals surface area contributed by atoms with Gasteiger partial charge in [0.2, 0.25) is 0 Å². The smallest absolute Gasteiger partial charge is 0.265 e. The van der Waals surface area contributed by atoms with Crippen molar-refractivity contribution in [3.05, 3.63) is 63.5 Å². The number of hydrogen-bond acceptors (Lipinski definition) is 5. The Morgan fingerprint density at radius 1 is 1.21 bits per heavy atom. The molecule has 148 valence electrons. The molecule has 2 aromatic carbocycles. The van der Waals surface area contributed by atoms with Crippen LogP contribution in [0, 0.1) is 0 Å². The van der Waals surface area contributed by atoms with Crippen LogP contribution in [-0.4, -0.2) is 29.3 Å². The molecule has 0 atom stereocenters. The molecule has 2 aliphatic rings. The number of thioether (sulfide) groups is 1. The molecule has 0 saturated carbocycles. The number of anilines is 1. The van der Waals surface area contributed by atoms with E-state index < -0.39 is 0 Å². The Balaban J connectivity index is 1.51. The van der Waals surface area contributed by atoms with E-state index in [0.29, 0.717) is 26.5 Å². The first-order valence-electron chi connectivity index (χ1n) is 9.06. The molecule has 1 N–H and O–H groups in total. The van der Waals surface area contributed by atoms with E-state index in [1.807, 2.05) is 42.5 Å². The van der Waals surface area contributed by atoms with Gasteiger partial charge in [0, 0.05) is 11.6 Å². The van der Waals surface area contributed by atoms with Crippen molar-refractivity contribution in [2.75, 3.05) is 18.1 Å². The number of nitrogens with one attached hydrogen (secondary N) is 1. The van der Waals surface area contributed by atoms with Crippen LogP contribution in [0.5, 0.6) is 5.75 Å². The van der Waals surface area contributed by atoms with Gasteiger partial charge < -0.3 is 15.0 Å². The molecule has 2 aliphatic heterocycles. The number of benzene rings is 2. The van der Waals surface area contributed by atoms with Crippen molar-refractivity contribution in [3.8, 4) is 5.75 Å². The van der Waals surface area contributed by atoms with Gasteiger partial charge in [-0.2, -0.15) is 0 Å². The number of hydrogen-bond donors (Lipinski definition) is 1. The van der Waals surface area contributed by atoms with Gasteiger partial charge in [-0.25, -0.2) is 0 Å². The summed E-state index contributed by atoms with van der Waals surface area (Å²) in [7, 11) is 0. The number of halogens is 1. The summed E-state index contributed by atoms with van der Waals surface area (Å²) < 4.78 is 6.02. The zero-order chi connectivity index (χ0) is 20.4. The third-order valence-corrected chi connectivity index (χ3v) is 6.04. The quantitative estimate of drug-likeness (QED) is 0.553. The molecule has 2 heterocycles. The van der Waals surface area contributed by atoms with Gasteiger partial charge in [0.05, 0.1) is 10.6 Å². The number of amides is 2. The molecule has 2 aromatic rings. The predicted octanol–water partition coefficient (Wildman–Crippen LogP) is 4.19. The second-order valence-electron chi connectivity index (χ2n) is 6.64. The molecule has 0 bridgehead atoms. The van der Waals surface area contributed by atoms with Crippen LogP contribution in [0.1, 0.15) is 17.5 Å². The van der Waals surface area contributed by atoms with E-state index in [9.17, 15) is 9.59 Å². The molecule has 0 unspecified atom stereocenters. The molecule has 5 nitrogen and oxygen atoms in total. The monoisotopic (exact) mass is 444 g/mol. The number of nitrogens with zero attached hydrogens (tertiary/aromatic N) is 1. The lowest BCUT2D eigenvalue weighted by Crippen LogP contribution is -2.39. The van der Waals surface area contributed by atoms with Crippen LogP contribution < -0.4 is 15.0 Å². The highest BCUT2D eigenvalue weighted by molar-refractivity contribution is 8.26. The van der Waals surface area contributed by atoms with Gasteiger partial charge in [0.15, 0.2) is 6.61 Å². The summed E-state index contributed by atoms with van der Waals surface area (Å²) in [6, 6.07) is 13.3. The summed E-state index contributed by atoms with van der Waals surface area (Å²) in [5.41, 5.74) is 2.71. The molecule has 2 amide bonds. The van der Waals surface area contributed by atoms with Crippen LogP contribution in [0.15, 0.2) is 47.4 Å². The van der Waals surface area contributed by atoms with Crippen LogP contribution in [0.4, 0.5) is 5.69 Å². The van der Waals surface area contributed by atoms with Crippen LogP contribution in [0.3, 0.4) is 0 Å². The number of thiocarbonyl (C=S) groups is 1. The molecule has 1 fully saturated rings. The lowest BCUT2D eigenvalue weighted by atomic mass is 10.1. The minimum Gasteiger partial charge on any atom is -0.482 e. The Bertz CT molecular complexity index is 1020. The van der Waals surface area contributed by atoms with Crippen molar-refractivity contribution in [2.24, 2.45) is 0 Å². The van der Waals surface area contributed by atoms with E-state index in [-0.39, 0.29) is 18.4 Å². The molecule has 0 spiro atoms. The van der Waals surface area contributed by atoms with Crippen molar-refractivity contribution >= 4 is 63.5 Å². The van der Waals surface area contributed by atoms with Gasteiger partial charge in [0.25, 0.3) is 11.8 Å². The van der Waals surface area contributed by atoms with E-state index >= 15 is 0 Å². The molecule has 0 aromatic heterocycles. The first-order valence-corrected chi connectivity index (χ1v) is 10.7. The maximum absolute atomic E-state index is 12.5. The minimum absolute atomic E-state index is 0.0287. The highest BCUT2D eigenvalue weighted by atomic mass is 35.5. The number of carbonyl (C=O) groups is 2.